The largest absolute Gasteiger partial charge is 0.460 e. The van der Waals surface area contributed by atoms with Crippen molar-refractivity contribution in [1.82, 2.24) is 0 Å². The standard InChI is InChI=1S/C22H24N2O6.FH/c1-14(25)30-20-10-6-5-9-18(20)23-17-12-11-16(13-19(17)24(28)29)22(27)21(26)15-7-3-2-4-8-15;/h2-4,7-8,11-13,18,20-21,23,26H,5-6,9-10H2,1H3;1H. The number of nitro groups is 1. The lowest BCUT2D eigenvalue weighted by molar-refractivity contribution is -0.384. The zero-order valence-electron chi connectivity index (χ0n) is 17.0. The maximum Gasteiger partial charge on any atom is 0.302 e. The van der Waals surface area contributed by atoms with Crippen LogP contribution in [0.5, 0.6) is 0 Å². The Morgan fingerprint density at radius 3 is 2.48 bits per heavy atom. The van der Waals surface area contributed by atoms with Gasteiger partial charge in [-0.25, -0.2) is 0 Å². The van der Waals surface area contributed by atoms with Gasteiger partial charge in [-0.05, 0) is 37.0 Å². The summed E-state index contributed by atoms with van der Waals surface area (Å²) in [5.74, 6) is -1.01. The SMILES string of the molecule is CC(=O)OC1CCCCC1Nc1ccc(C(=O)C(O)c2ccccc2)cc1[N+](=O)[O-].F. The molecule has 2 aromatic carbocycles. The van der Waals surface area contributed by atoms with E-state index in [1.807, 2.05) is 0 Å². The Labute approximate surface area is 178 Å². The third-order valence-electron chi connectivity index (χ3n) is 5.20. The molecular weight excluding hydrogens is 407 g/mol. The summed E-state index contributed by atoms with van der Waals surface area (Å²) in [5.41, 5.74) is 0.436. The lowest BCUT2D eigenvalue weighted by Gasteiger charge is -2.32. The number of nitrogens with one attached hydrogen (secondary N) is 1. The van der Waals surface area contributed by atoms with E-state index in [0.717, 1.165) is 12.8 Å². The van der Waals surface area contributed by atoms with E-state index < -0.39 is 16.8 Å². The van der Waals surface area contributed by atoms with Crippen molar-refractivity contribution in [3.63, 3.8) is 0 Å². The molecule has 0 heterocycles. The van der Waals surface area contributed by atoms with E-state index in [0.29, 0.717) is 18.4 Å². The minimum Gasteiger partial charge on any atom is -0.460 e. The summed E-state index contributed by atoms with van der Waals surface area (Å²) in [4.78, 5) is 35.1. The van der Waals surface area contributed by atoms with Gasteiger partial charge in [-0.2, -0.15) is 0 Å². The molecule has 1 aliphatic carbocycles. The number of Topliss-reactive ketones (excluding diaryl/α,β-unsaturated/α-hetero) is 1. The van der Waals surface area contributed by atoms with Crippen LogP contribution in [0.2, 0.25) is 0 Å². The molecule has 2 aromatic rings. The van der Waals surface area contributed by atoms with E-state index in [4.69, 9.17) is 4.74 Å². The van der Waals surface area contributed by atoms with Crippen LogP contribution < -0.4 is 5.32 Å². The van der Waals surface area contributed by atoms with Gasteiger partial charge in [-0.3, -0.25) is 24.4 Å². The minimum atomic E-state index is -1.41. The van der Waals surface area contributed by atoms with Gasteiger partial charge in [-0.1, -0.05) is 36.8 Å². The fourth-order valence-corrected chi connectivity index (χ4v) is 3.72. The van der Waals surface area contributed by atoms with E-state index in [9.17, 15) is 24.8 Å². The number of nitro benzene ring substituents is 1. The van der Waals surface area contributed by atoms with Crippen LogP contribution in [0.15, 0.2) is 48.5 Å². The third kappa shape index (κ3) is 5.85. The first-order chi connectivity index (χ1) is 14.4. The molecule has 0 radical (unpaired) electrons. The number of aliphatic hydroxyl groups excluding tert-OH is 1. The number of carbonyl (C=O) groups is 2. The second-order valence-corrected chi connectivity index (χ2v) is 7.35. The maximum absolute atomic E-state index is 12.6. The molecule has 1 fully saturated rings. The Balaban J connectivity index is 0.00000341. The Morgan fingerprint density at radius 2 is 1.84 bits per heavy atom. The van der Waals surface area contributed by atoms with Crippen LogP contribution in [-0.2, 0) is 9.53 Å². The summed E-state index contributed by atoms with van der Waals surface area (Å²) < 4.78 is 5.36. The van der Waals surface area contributed by atoms with Gasteiger partial charge >= 0.3 is 5.97 Å². The summed E-state index contributed by atoms with van der Waals surface area (Å²) in [5, 5.41) is 25.1. The Kier molecular flexibility index (Phi) is 8.21. The van der Waals surface area contributed by atoms with Gasteiger partial charge in [-0.15, -0.1) is 0 Å². The highest BCUT2D eigenvalue weighted by Crippen LogP contribution is 2.32. The highest BCUT2D eigenvalue weighted by atomic mass is 19.0. The fourth-order valence-electron chi connectivity index (χ4n) is 3.72. The first-order valence-corrected chi connectivity index (χ1v) is 9.86. The second-order valence-electron chi connectivity index (χ2n) is 7.35. The average molecular weight is 432 g/mol. The van der Waals surface area contributed by atoms with Gasteiger partial charge in [0.15, 0.2) is 5.78 Å². The summed E-state index contributed by atoms with van der Waals surface area (Å²) in [7, 11) is 0. The van der Waals surface area contributed by atoms with Gasteiger partial charge in [0, 0.05) is 18.6 Å². The van der Waals surface area contributed by atoms with Crippen molar-refractivity contribution in [2.75, 3.05) is 5.32 Å². The van der Waals surface area contributed by atoms with Gasteiger partial charge in [0.2, 0.25) is 0 Å². The van der Waals surface area contributed by atoms with Crippen LogP contribution >= 0.6 is 0 Å². The van der Waals surface area contributed by atoms with Crippen LogP contribution in [0.1, 0.15) is 54.6 Å². The zero-order valence-corrected chi connectivity index (χ0v) is 17.0. The summed E-state index contributed by atoms with van der Waals surface area (Å²) in [6, 6.07) is 12.2. The molecule has 8 nitrogen and oxygen atoms in total. The maximum atomic E-state index is 12.6. The van der Waals surface area contributed by atoms with Gasteiger partial charge in [0.05, 0.1) is 11.0 Å². The third-order valence-corrected chi connectivity index (χ3v) is 5.20. The number of rotatable bonds is 7. The highest BCUT2D eigenvalue weighted by Gasteiger charge is 2.30. The number of esters is 1. The Bertz CT molecular complexity index is 937. The second kappa shape index (κ2) is 10.6. The molecule has 2 N–H and O–H groups in total. The first-order valence-electron chi connectivity index (χ1n) is 9.86. The van der Waals surface area contributed by atoms with Crippen molar-refractivity contribution < 1.29 is 29.1 Å². The van der Waals surface area contributed by atoms with Gasteiger partial charge < -0.3 is 15.2 Å². The number of anilines is 1. The first kappa shape index (κ1) is 23.9. The highest BCUT2D eigenvalue weighted by molar-refractivity contribution is 6.01. The molecule has 0 saturated heterocycles. The molecule has 1 saturated carbocycles. The summed E-state index contributed by atoms with van der Waals surface area (Å²) >= 11 is 0. The number of hydrogen-bond donors (Lipinski definition) is 2. The number of benzene rings is 2. The van der Waals surface area contributed by atoms with E-state index in [1.54, 1.807) is 30.3 Å². The van der Waals surface area contributed by atoms with E-state index in [2.05, 4.69) is 5.32 Å². The monoisotopic (exact) mass is 432 g/mol. The molecule has 9 heteroatoms. The van der Waals surface area contributed by atoms with Crippen molar-refractivity contribution in [3.05, 3.63) is 69.8 Å². The van der Waals surface area contributed by atoms with Crippen LogP contribution in [0, 0.1) is 10.1 Å². The van der Waals surface area contributed by atoms with Crippen LogP contribution in [0.25, 0.3) is 0 Å². The summed E-state index contributed by atoms with van der Waals surface area (Å²) in [6.07, 6.45) is 1.47. The van der Waals surface area contributed by atoms with Crippen LogP contribution in [0.3, 0.4) is 0 Å². The van der Waals surface area contributed by atoms with Crippen molar-refractivity contribution in [3.8, 4) is 0 Å². The number of ether oxygens (including phenoxy) is 1. The minimum absolute atomic E-state index is 0. The fraction of sp³-hybridized carbons (Fsp3) is 0.364. The number of halogens is 1. The van der Waals surface area contributed by atoms with Crippen LogP contribution in [-0.4, -0.2) is 33.9 Å². The van der Waals surface area contributed by atoms with Crippen molar-refractivity contribution in [1.29, 1.82) is 0 Å². The number of ketones is 1. The number of nitrogens with zero attached hydrogens (tertiary/aromatic N) is 1. The molecule has 1 aliphatic rings. The molecule has 0 aromatic heterocycles. The average Bonchev–Trinajstić information content (AvgIpc) is 2.74. The molecule has 166 valence electrons. The van der Waals surface area contributed by atoms with Crippen LogP contribution in [0.4, 0.5) is 16.1 Å². The molecule has 0 bridgehead atoms. The van der Waals surface area contributed by atoms with Crippen molar-refractivity contribution in [2.24, 2.45) is 0 Å². The number of aliphatic hydroxyl groups is 1. The molecule has 3 atom stereocenters. The Morgan fingerprint density at radius 1 is 1.16 bits per heavy atom. The molecular formula is C22H25FN2O6. The zero-order chi connectivity index (χ0) is 21.7. The predicted molar refractivity (Wildman–Crippen MR) is 113 cm³/mol. The van der Waals surface area contributed by atoms with E-state index >= 15 is 0 Å². The molecule has 0 amide bonds. The number of carbonyl (C=O) groups excluding carboxylic acids is 2. The lowest BCUT2D eigenvalue weighted by atomic mass is 9.92. The summed E-state index contributed by atoms with van der Waals surface area (Å²) in [6.45, 7) is 1.34. The lowest BCUT2D eigenvalue weighted by Crippen LogP contribution is -2.39. The molecule has 0 aliphatic heterocycles. The topological polar surface area (TPSA) is 119 Å². The predicted octanol–water partition coefficient (Wildman–Crippen LogP) is 3.95. The molecule has 0 spiro atoms. The normalized spacial score (nSPS) is 18.9. The molecule has 3 rings (SSSR count). The van der Waals surface area contributed by atoms with Crippen molar-refractivity contribution in [2.45, 2.75) is 50.9 Å². The smallest absolute Gasteiger partial charge is 0.302 e. The van der Waals surface area contributed by atoms with E-state index in [-0.39, 0.29) is 39.8 Å². The van der Waals surface area contributed by atoms with E-state index in [1.165, 1.54) is 25.1 Å². The molecule has 31 heavy (non-hydrogen) atoms. The number of hydrogen-bond acceptors (Lipinski definition) is 7. The Hall–Kier alpha value is -3.33. The van der Waals surface area contributed by atoms with Gasteiger partial charge in [0.25, 0.3) is 5.69 Å². The quantitative estimate of drug-likeness (QED) is 0.294. The molecule has 3 unspecified atom stereocenters. The van der Waals surface area contributed by atoms with Crippen molar-refractivity contribution >= 4 is 23.1 Å². The van der Waals surface area contributed by atoms with Gasteiger partial charge in [0.1, 0.15) is 17.9 Å².